The Morgan fingerprint density at radius 3 is 3.00 bits per heavy atom. The van der Waals surface area contributed by atoms with Gasteiger partial charge in [-0.2, -0.15) is 0 Å². The molecule has 0 bridgehead atoms. The highest BCUT2D eigenvalue weighted by atomic mass is 32.1. The van der Waals surface area contributed by atoms with Gasteiger partial charge in [0.25, 0.3) is 0 Å². The predicted octanol–water partition coefficient (Wildman–Crippen LogP) is 2.57. The van der Waals surface area contributed by atoms with E-state index >= 15 is 0 Å². The molecule has 1 aromatic rings. The van der Waals surface area contributed by atoms with Crippen molar-refractivity contribution in [1.82, 2.24) is 0 Å². The van der Waals surface area contributed by atoms with Gasteiger partial charge in [0.2, 0.25) is 0 Å². The average Bonchev–Trinajstić information content (AvgIpc) is 2.78. The quantitative estimate of drug-likeness (QED) is 0.881. The third-order valence-electron chi connectivity index (χ3n) is 3.14. The predicted molar refractivity (Wildman–Crippen MR) is 66.0 cm³/mol. The van der Waals surface area contributed by atoms with Crippen LogP contribution in [0.3, 0.4) is 0 Å². The highest BCUT2D eigenvalue weighted by Crippen LogP contribution is 2.34. The summed E-state index contributed by atoms with van der Waals surface area (Å²) < 4.78 is 10.7. The molecule has 1 atom stereocenters. The maximum atomic E-state index is 6.24. The molecule has 1 fully saturated rings. The molecule has 0 amide bonds. The van der Waals surface area contributed by atoms with Crippen molar-refractivity contribution in [1.29, 1.82) is 0 Å². The van der Waals surface area contributed by atoms with E-state index in [0.29, 0.717) is 5.92 Å². The fourth-order valence-electron chi connectivity index (χ4n) is 2.20. The Morgan fingerprint density at radius 2 is 2.31 bits per heavy atom. The van der Waals surface area contributed by atoms with Crippen LogP contribution in [0.25, 0.3) is 0 Å². The van der Waals surface area contributed by atoms with E-state index in [9.17, 15) is 0 Å². The highest BCUT2D eigenvalue weighted by molar-refractivity contribution is 7.10. The SMILES string of the molecule is COc1ccsc1C(N)CC1CCOCC1. The summed E-state index contributed by atoms with van der Waals surface area (Å²) in [5.41, 5.74) is 6.24. The van der Waals surface area contributed by atoms with Crippen molar-refractivity contribution in [2.45, 2.75) is 25.3 Å². The molecule has 0 saturated carbocycles. The highest BCUT2D eigenvalue weighted by Gasteiger charge is 2.20. The maximum Gasteiger partial charge on any atom is 0.134 e. The zero-order valence-corrected chi connectivity index (χ0v) is 10.5. The molecule has 1 saturated heterocycles. The van der Waals surface area contributed by atoms with E-state index in [1.54, 1.807) is 18.4 Å². The van der Waals surface area contributed by atoms with Crippen LogP contribution >= 0.6 is 11.3 Å². The van der Waals surface area contributed by atoms with Crippen molar-refractivity contribution < 1.29 is 9.47 Å². The molecule has 0 aliphatic carbocycles. The fourth-order valence-corrected chi connectivity index (χ4v) is 3.07. The molecule has 1 aliphatic rings. The second-order valence-corrected chi connectivity index (χ2v) is 5.20. The van der Waals surface area contributed by atoms with Crippen LogP contribution in [0, 0.1) is 5.92 Å². The third kappa shape index (κ3) is 2.75. The third-order valence-corrected chi connectivity index (χ3v) is 4.17. The van der Waals surface area contributed by atoms with Crippen molar-refractivity contribution in [3.05, 3.63) is 16.3 Å². The molecule has 2 N–H and O–H groups in total. The maximum absolute atomic E-state index is 6.24. The Labute approximate surface area is 101 Å². The van der Waals surface area contributed by atoms with Crippen LogP contribution in [0.5, 0.6) is 5.75 Å². The van der Waals surface area contributed by atoms with Crippen molar-refractivity contribution >= 4 is 11.3 Å². The zero-order valence-electron chi connectivity index (χ0n) is 9.65. The minimum atomic E-state index is 0.109. The van der Waals surface area contributed by atoms with Crippen molar-refractivity contribution in [3.63, 3.8) is 0 Å². The first kappa shape index (κ1) is 11.9. The molecule has 16 heavy (non-hydrogen) atoms. The molecule has 1 aliphatic heterocycles. The standard InChI is InChI=1S/C12H19NO2S/c1-14-11-4-7-16-12(11)10(13)8-9-2-5-15-6-3-9/h4,7,9-10H,2-3,5-6,8,13H2,1H3. The molecule has 0 spiro atoms. The number of ether oxygens (including phenoxy) is 2. The van der Waals surface area contributed by atoms with Gasteiger partial charge in [-0.15, -0.1) is 11.3 Å². The van der Waals surface area contributed by atoms with Crippen LogP contribution in [-0.2, 0) is 4.74 Å². The molecule has 3 nitrogen and oxygen atoms in total. The molecule has 2 rings (SSSR count). The largest absolute Gasteiger partial charge is 0.496 e. The summed E-state index contributed by atoms with van der Waals surface area (Å²) in [7, 11) is 1.70. The summed E-state index contributed by atoms with van der Waals surface area (Å²) in [6.07, 6.45) is 3.32. The van der Waals surface area contributed by atoms with E-state index < -0.39 is 0 Å². The minimum absolute atomic E-state index is 0.109. The summed E-state index contributed by atoms with van der Waals surface area (Å²) in [6, 6.07) is 2.10. The van der Waals surface area contributed by atoms with Gasteiger partial charge in [-0.25, -0.2) is 0 Å². The van der Waals surface area contributed by atoms with Gasteiger partial charge in [0.05, 0.1) is 12.0 Å². The summed E-state index contributed by atoms with van der Waals surface area (Å²) in [5, 5.41) is 2.04. The molecule has 1 aromatic heterocycles. The van der Waals surface area contributed by atoms with Crippen LogP contribution in [0.15, 0.2) is 11.4 Å². The van der Waals surface area contributed by atoms with Crippen LogP contribution in [-0.4, -0.2) is 20.3 Å². The first-order chi connectivity index (χ1) is 7.81. The smallest absolute Gasteiger partial charge is 0.134 e. The van der Waals surface area contributed by atoms with Crippen LogP contribution in [0.4, 0.5) is 0 Å². The molecule has 0 radical (unpaired) electrons. The monoisotopic (exact) mass is 241 g/mol. The topological polar surface area (TPSA) is 44.5 Å². The van der Waals surface area contributed by atoms with Crippen molar-refractivity contribution in [2.24, 2.45) is 11.7 Å². The lowest BCUT2D eigenvalue weighted by atomic mass is 9.92. The number of rotatable bonds is 4. The Kier molecular flexibility index (Phi) is 4.21. The summed E-state index contributed by atoms with van der Waals surface area (Å²) >= 11 is 1.69. The van der Waals surface area contributed by atoms with Crippen LogP contribution < -0.4 is 10.5 Å². The second-order valence-electron chi connectivity index (χ2n) is 4.25. The normalized spacial score (nSPS) is 19.6. The number of hydrogen-bond acceptors (Lipinski definition) is 4. The van der Waals surface area contributed by atoms with Gasteiger partial charge in [-0.1, -0.05) is 0 Å². The van der Waals surface area contributed by atoms with E-state index in [0.717, 1.165) is 38.2 Å². The molecule has 0 aromatic carbocycles. The second kappa shape index (κ2) is 5.66. The summed E-state index contributed by atoms with van der Waals surface area (Å²) in [6.45, 7) is 1.78. The number of hydrogen-bond donors (Lipinski definition) is 1. The van der Waals surface area contributed by atoms with Crippen LogP contribution in [0.2, 0.25) is 0 Å². The lowest BCUT2D eigenvalue weighted by molar-refractivity contribution is 0.0619. The fraction of sp³-hybridized carbons (Fsp3) is 0.667. The lowest BCUT2D eigenvalue weighted by Crippen LogP contribution is -2.21. The van der Waals surface area contributed by atoms with E-state index in [1.807, 2.05) is 11.4 Å². The van der Waals surface area contributed by atoms with Crippen molar-refractivity contribution in [2.75, 3.05) is 20.3 Å². The number of methoxy groups -OCH3 is 1. The Bertz CT molecular complexity index is 321. The molecule has 4 heteroatoms. The van der Waals surface area contributed by atoms with Gasteiger partial charge in [0, 0.05) is 19.3 Å². The molecule has 2 heterocycles. The van der Waals surface area contributed by atoms with E-state index in [2.05, 4.69) is 0 Å². The van der Waals surface area contributed by atoms with Crippen molar-refractivity contribution in [3.8, 4) is 5.75 Å². The van der Waals surface area contributed by atoms with Gasteiger partial charge in [-0.3, -0.25) is 0 Å². The molecule has 1 unspecified atom stereocenters. The van der Waals surface area contributed by atoms with Gasteiger partial charge < -0.3 is 15.2 Å². The van der Waals surface area contributed by atoms with E-state index in [1.165, 1.54) is 4.88 Å². The van der Waals surface area contributed by atoms with Gasteiger partial charge in [0.15, 0.2) is 0 Å². The lowest BCUT2D eigenvalue weighted by Gasteiger charge is -2.24. The van der Waals surface area contributed by atoms with Gasteiger partial charge in [0.1, 0.15) is 5.75 Å². The first-order valence-corrected chi connectivity index (χ1v) is 6.64. The summed E-state index contributed by atoms with van der Waals surface area (Å²) in [5.74, 6) is 1.64. The van der Waals surface area contributed by atoms with Crippen LogP contribution in [0.1, 0.15) is 30.2 Å². The zero-order chi connectivity index (χ0) is 11.4. The Hall–Kier alpha value is -0.580. The Balaban J connectivity index is 1.93. The summed E-state index contributed by atoms with van der Waals surface area (Å²) in [4.78, 5) is 1.17. The Morgan fingerprint density at radius 1 is 1.56 bits per heavy atom. The number of thiophene rings is 1. The number of nitrogens with two attached hydrogens (primary N) is 1. The minimum Gasteiger partial charge on any atom is -0.496 e. The van der Waals surface area contributed by atoms with Gasteiger partial charge >= 0.3 is 0 Å². The van der Waals surface area contributed by atoms with Gasteiger partial charge in [-0.05, 0) is 36.6 Å². The molecular formula is C12H19NO2S. The van der Waals surface area contributed by atoms with E-state index in [4.69, 9.17) is 15.2 Å². The first-order valence-electron chi connectivity index (χ1n) is 5.76. The van der Waals surface area contributed by atoms with E-state index in [-0.39, 0.29) is 6.04 Å². The molecular weight excluding hydrogens is 222 g/mol. The molecule has 90 valence electrons. The average molecular weight is 241 g/mol.